The summed E-state index contributed by atoms with van der Waals surface area (Å²) >= 11 is 0. The number of aliphatic hydroxyl groups is 1. The SMILES string of the molecule is Cc1ccc(C2=C(O)C(=O)N(CCc3ccccc3)[C@H]2c2ccccc2)cc1. The Morgan fingerprint density at radius 1 is 0.857 bits per heavy atom. The van der Waals surface area contributed by atoms with Gasteiger partial charge in [-0.05, 0) is 30.0 Å². The Balaban J connectivity index is 1.72. The van der Waals surface area contributed by atoms with E-state index >= 15 is 0 Å². The third-order valence-electron chi connectivity index (χ3n) is 5.27. The number of aliphatic hydroxyl groups excluding tert-OH is 1. The molecule has 3 aromatic carbocycles. The standard InChI is InChI=1S/C25H23NO2/c1-18-12-14-20(15-13-18)22-23(21-10-6-3-7-11-21)26(25(28)24(22)27)17-16-19-8-4-2-5-9-19/h2-15,23,27H,16-17H2,1H3/t23-/m0/s1. The average Bonchev–Trinajstić information content (AvgIpc) is 2.99. The summed E-state index contributed by atoms with van der Waals surface area (Å²) in [6.45, 7) is 2.57. The Morgan fingerprint density at radius 2 is 1.46 bits per heavy atom. The predicted molar refractivity (Wildman–Crippen MR) is 112 cm³/mol. The Labute approximate surface area is 165 Å². The van der Waals surface area contributed by atoms with Crippen molar-refractivity contribution in [2.24, 2.45) is 0 Å². The van der Waals surface area contributed by atoms with Gasteiger partial charge in [-0.25, -0.2) is 0 Å². The van der Waals surface area contributed by atoms with Gasteiger partial charge in [0.1, 0.15) is 0 Å². The maximum Gasteiger partial charge on any atom is 0.289 e. The van der Waals surface area contributed by atoms with Gasteiger partial charge in [-0.2, -0.15) is 0 Å². The largest absolute Gasteiger partial charge is 0.503 e. The number of hydrogen-bond acceptors (Lipinski definition) is 2. The Hall–Kier alpha value is -3.33. The van der Waals surface area contributed by atoms with Crippen molar-refractivity contribution in [3.8, 4) is 0 Å². The first kappa shape index (κ1) is 18.1. The van der Waals surface area contributed by atoms with Crippen LogP contribution in [-0.4, -0.2) is 22.5 Å². The van der Waals surface area contributed by atoms with Gasteiger partial charge in [0.25, 0.3) is 5.91 Å². The molecule has 0 fully saturated rings. The number of carbonyl (C=O) groups is 1. The lowest BCUT2D eigenvalue weighted by Gasteiger charge is -2.27. The normalized spacial score (nSPS) is 16.7. The minimum Gasteiger partial charge on any atom is -0.503 e. The highest BCUT2D eigenvalue weighted by atomic mass is 16.3. The van der Waals surface area contributed by atoms with Crippen molar-refractivity contribution in [3.63, 3.8) is 0 Å². The highest BCUT2D eigenvalue weighted by Crippen LogP contribution is 2.42. The van der Waals surface area contributed by atoms with Crippen molar-refractivity contribution in [3.05, 3.63) is 113 Å². The van der Waals surface area contributed by atoms with Gasteiger partial charge in [-0.15, -0.1) is 0 Å². The van der Waals surface area contributed by atoms with Gasteiger partial charge in [-0.1, -0.05) is 90.5 Å². The molecule has 0 unspecified atom stereocenters. The van der Waals surface area contributed by atoms with E-state index < -0.39 is 0 Å². The van der Waals surface area contributed by atoms with E-state index in [1.807, 2.05) is 79.7 Å². The lowest BCUT2D eigenvalue weighted by atomic mass is 9.93. The van der Waals surface area contributed by atoms with Crippen molar-refractivity contribution in [2.45, 2.75) is 19.4 Å². The van der Waals surface area contributed by atoms with Crippen LogP contribution in [0.15, 0.2) is 90.7 Å². The van der Waals surface area contributed by atoms with E-state index in [2.05, 4.69) is 12.1 Å². The van der Waals surface area contributed by atoms with Gasteiger partial charge < -0.3 is 10.0 Å². The van der Waals surface area contributed by atoms with Gasteiger partial charge in [0, 0.05) is 12.1 Å². The van der Waals surface area contributed by atoms with Crippen LogP contribution in [0.3, 0.4) is 0 Å². The molecule has 3 nitrogen and oxygen atoms in total. The van der Waals surface area contributed by atoms with Crippen molar-refractivity contribution >= 4 is 11.5 Å². The van der Waals surface area contributed by atoms with Crippen molar-refractivity contribution < 1.29 is 9.90 Å². The molecule has 0 aromatic heterocycles. The second kappa shape index (κ2) is 7.73. The number of nitrogens with zero attached hydrogens (tertiary/aromatic N) is 1. The zero-order valence-corrected chi connectivity index (χ0v) is 15.9. The Bertz CT molecular complexity index is 992. The van der Waals surface area contributed by atoms with Crippen LogP contribution in [0.5, 0.6) is 0 Å². The lowest BCUT2D eigenvalue weighted by Crippen LogP contribution is -2.32. The molecule has 0 spiro atoms. The summed E-state index contributed by atoms with van der Waals surface area (Å²) < 4.78 is 0. The molecule has 3 heteroatoms. The second-order valence-corrected chi connectivity index (χ2v) is 7.18. The summed E-state index contributed by atoms with van der Waals surface area (Å²) in [6.07, 6.45) is 0.740. The van der Waals surface area contributed by atoms with E-state index in [-0.39, 0.29) is 17.7 Å². The van der Waals surface area contributed by atoms with Gasteiger partial charge in [-0.3, -0.25) is 4.79 Å². The van der Waals surface area contributed by atoms with Crippen LogP contribution in [0.4, 0.5) is 0 Å². The first-order valence-electron chi connectivity index (χ1n) is 9.55. The minimum atomic E-state index is -0.305. The van der Waals surface area contributed by atoms with Crippen LogP contribution in [0.25, 0.3) is 5.57 Å². The number of aryl methyl sites for hydroxylation is 1. The summed E-state index contributed by atoms with van der Waals surface area (Å²) in [7, 11) is 0. The molecule has 1 amide bonds. The van der Waals surface area contributed by atoms with E-state index in [0.717, 1.165) is 23.1 Å². The van der Waals surface area contributed by atoms with Gasteiger partial charge in [0.15, 0.2) is 5.76 Å². The van der Waals surface area contributed by atoms with Crippen molar-refractivity contribution in [1.29, 1.82) is 0 Å². The highest BCUT2D eigenvalue weighted by Gasteiger charge is 2.40. The molecule has 1 aliphatic heterocycles. The molecule has 0 bridgehead atoms. The van der Waals surface area contributed by atoms with Gasteiger partial charge >= 0.3 is 0 Å². The maximum absolute atomic E-state index is 13.0. The fourth-order valence-electron chi connectivity index (χ4n) is 3.79. The van der Waals surface area contributed by atoms with E-state index in [4.69, 9.17) is 0 Å². The summed E-state index contributed by atoms with van der Waals surface area (Å²) in [5.74, 6) is -0.453. The molecule has 0 saturated heterocycles. The number of amides is 1. The van der Waals surface area contributed by atoms with Crippen LogP contribution < -0.4 is 0 Å². The molecule has 140 valence electrons. The van der Waals surface area contributed by atoms with Crippen molar-refractivity contribution in [1.82, 2.24) is 4.90 Å². The molecule has 0 saturated carbocycles. The molecule has 28 heavy (non-hydrogen) atoms. The predicted octanol–water partition coefficient (Wildman–Crippen LogP) is 5.09. The Morgan fingerprint density at radius 3 is 2.11 bits per heavy atom. The van der Waals surface area contributed by atoms with Crippen LogP contribution in [0.1, 0.15) is 28.3 Å². The Kier molecular flexibility index (Phi) is 4.98. The van der Waals surface area contributed by atoms with Crippen LogP contribution in [0, 0.1) is 6.92 Å². The zero-order chi connectivity index (χ0) is 19.5. The first-order chi connectivity index (χ1) is 13.6. The van der Waals surface area contributed by atoms with Crippen LogP contribution >= 0.6 is 0 Å². The molecule has 3 aromatic rings. The molecule has 1 aliphatic rings. The summed E-state index contributed by atoms with van der Waals surface area (Å²) in [6, 6.07) is 27.7. The second-order valence-electron chi connectivity index (χ2n) is 7.18. The van der Waals surface area contributed by atoms with E-state index in [1.54, 1.807) is 4.90 Å². The summed E-state index contributed by atoms with van der Waals surface area (Å²) in [5.41, 5.74) is 4.89. The number of hydrogen-bond donors (Lipinski definition) is 1. The summed E-state index contributed by atoms with van der Waals surface area (Å²) in [5, 5.41) is 10.8. The molecule has 1 heterocycles. The quantitative estimate of drug-likeness (QED) is 0.680. The topological polar surface area (TPSA) is 40.5 Å². The van der Waals surface area contributed by atoms with Crippen LogP contribution in [0.2, 0.25) is 0 Å². The lowest BCUT2D eigenvalue weighted by molar-refractivity contribution is -0.129. The molecule has 1 atom stereocenters. The van der Waals surface area contributed by atoms with E-state index in [9.17, 15) is 9.90 Å². The monoisotopic (exact) mass is 369 g/mol. The number of carbonyl (C=O) groups excluding carboxylic acids is 1. The van der Waals surface area contributed by atoms with E-state index in [0.29, 0.717) is 12.1 Å². The fourth-order valence-corrected chi connectivity index (χ4v) is 3.79. The zero-order valence-electron chi connectivity index (χ0n) is 15.9. The average molecular weight is 369 g/mol. The molecule has 4 rings (SSSR count). The highest BCUT2D eigenvalue weighted by molar-refractivity contribution is 6.05. The fraction of sp³-hybridized carbons (Fsp3) is 0.160. The van der Waals surface area contributed by atoms with Crippen LogP contribution in [-0.2, 0) is 11.2 Å². The smallest absolute Gasteiger partial charge is 0.289 e. The van der Waals surface area contributed by atoms with E-state index in [1.165, 1.54) is 5.56 Å². The molecular formula is C25H23NO2. The minimum absolute atomic E-state index is 0.147. The van der Waals surface area contributed by atoms with Gasteiger partial charge in [0.05, 0.1) is 6.04 Å². The first-order valence-corrected chi connectivity index (χ1v) is 9.55. The van der Waals surface area contributed by atoms with Crippen molar-refractivity contribution in [2.75, 3.05) is 6.54 Å². The maximum atomic E-state index is 13.0. The number of benzene rings is 3. The molecule has 0 radical (unpaired) electrons. The molecule has 1 N–H and O–H groups in total. The number of rotatable bonds is 5. The molecule has 0 aliphatic carbocycles. The molecular weight excluding hydrogens is 346 g/mol. The third-order valence-corrected chi connectivity index (χ3v) is 5.27. The third kappa shape index (κ3) is 3.44. The van der Waals surface area contributed by atoms with Gasteiger partial charge in [0.2, 0.25) is 0 Å². The summed E-state index contributed by atoms with van der Waals surface area (Å²) in [4.78, 5) is 14.8.